The largest absolute Gasteiger partial charge is 0.458 e. The van der Waals surface area contributed by atoms with Crippen LogP contribution in [0.2, 0.25) is 0 Å². The lowest BCUT2D eigenvalue weighted by atomic mass is 9.34. The lowest BCUT2D eigenvalue weighted by Crippen LogP contribution is -2.56. The van der Waals surface area contributed by atoms with Crippen molar-refractivity contribution in [3.8, 4) is 17.2 Å². The minimum absolute atomic E-state index is 0.0546. The van der Waals surface area contributed by atoms with E-state index in [1.165, 1.54) is 77.1 Å². The number of aromatic nitrogens is 1. The Balaban J connectivity index is 1.09. The van der Waals surface area contributed by atoms with Crippen LogP contribution in [0.4, 0.5) is 17.1 Å². The minimum Gasteiger partial charge on any atom is -0.458 e. The highest BCUT2D eigenvalue weighted by Crippen LogP contribution is 2.58. The topological polar surface area (TPSA) is 17.4 Å². The second-order valence-electron chi connectivity index (χ2n) is 17.0. The third kappa shape index (κ3) is 5.26. The Morgan fingerprint density at radius 3 is 1.77 bits per heavy atom. The number of para-hydroxylation sites is 5. The Labute approximate surface area is 363 Å². The lowest BCUT2D eigenvalue weighted by molar-refractivity contribution is 0.487. The summed E-state index contributed by atoms with van der Waals surface area (Å²) in [5, 5.41) is 2.47. The van der Waals surface area contributed by atoms with E-state index in [-0.39, 0.29) is 6.71 Å². The first-order valence-corrected chi connectivity index (χ1v) is 21.6. The Kier molecular flexibility index (Phi) is 8.20. The summed E-state index contributed by atoms with van der Waals surface area (Å²) in [6, 6.07) is 75.9. The van der Waals surface area contributed by atoms with Gasteiger partial charge in [-0.25, -0.2) is 0 Å². The van der Waals surface area contributed by atoms with Crippen LogP contribution in [0.1, 0.15) is 38.9 Å². The molecule has 4 heteroatoms. The van der Waals surface area contributed by atoms with Gasteiger partial charge in [-0.15, -0.1) is 0 Å². The number of benzene rings is 9. The summed E-state index contributed by atoms with van der Waals surface area (Å²) < 4.78 is 9.30. The van der Waals surface area contributed by atoms with Gasteiger partial charge < -0.3 is 14.2 Å². The molecule has 9 aromatic carbocycles. The molecular weight excluding hydrogens is 751 g/mol. The summed E-state index contributed by atoms with van der Waals surface area (Å²) in [4.78, 5) is 2.45. The monoisotopic (exact) mass is 794 g/mol. The first-order valence-electron chi connectivity index (χ1n) is 21.6. The van der Waals surface area contributed by atoms with E-state index in [1.807, 2.05) is 0 Å². The van der Waals surface area contributed by atoms with E-state index in [2.05, 4.69) is 236 Å². The van der Waals surface area contributed by atoms with Crippen LogP contribution in [0.3, 0.4) is 0 Å². The van der Waals surface area contributed by atoms with Crippen LogP contribution in [-0.2, 0) is 5.41 Å². The summed E-state index contributed by atoms with van der Waals surface area (Å²) in [5.41, 5.74) is 18.8. The smallest absolute Gasteiger partial charge is 0.251 e. The molecule has 0 radical (unpaired) electrons. The van der Waals surface area contributed by atoms with E-state index in [0.717, 1.165) is 34.2 Å². The molecule has 0 aliphatic carbocycles. The highest BCUT2D eigenvalue weighted by atomic mass is 16.5. The number of ether oxygens (including phenoxy) is 1. The van der Waals surface area contributed by atoms with Crippen LogP contribution >= 0.6 is 0 Å². The Morgan fingerprint density at radius 1 is 0.435 bits per heavy atom. The Morgan fingerprint density at radius 2 is 1.03 bits per heavy atom. The average Bonchev–Trinajstić information content (AvgIpc) is 3.64. The molecule has 2 aliphatic rings. The van der Waals surface area contributed by atoms with Crippen LogP contribution in [0.25, 0.3) is 27.5 Å². The van der Waals surface area contributed by atoms with Gasteiger partial charge in [-0.2, -0.15) is 0 Å². The Hall–Kier alpha value is -7.56. The van der Waals surface area contributed by atoms with Gasteiger partial charge >= 0.3 is 0 Å². The molecule has 0 amide bonds. The maximum atomic E-state index is 6.90. The van der Waals surface area contributed by atoms with Gasteiger partial charge in [0.15, 0.2) is 0 Å². The van der Waals surface area contributed by atoms with Crippen molar-refractivity contribution in [3.63, 3.8) is 0 Å². The van der Waals surface area contributed by atoms with Gasteiger partial charge in [0, 0.05) is 28.2 Å². The van der Waals surface area contributed by atoms with E-state index in [0.29, 0.717) is 0 Å². The van der Waals surface area contributed by atoms with Crippen molar-refractivity contribution < 1.29 is 4.74 Å². The van der Waals surface area contributed by atoms with Crippen molar-refractivity contribution in [1.29, 1.82) is 0 Å². The summed E-state index contributed by atoms with van der Waals surface area (Å²) in [5.74, 6) is 1.80. The van der Waals surface area contributed by atoms with E-state index in [4.69, 9.17) is 4.74 Å². The van der Waals surface area contributed by atoms with Gasteiger partial charge in [0.2, 0.25) is 0 Å². The minimum atomic E-state index is -0.635. The molecule has 0 unspecified atom stereocenters. The van der Waals surface area contributed by atoms with Crippen LogP contribution in [0.5, 0.6) is 11.5 Å². The molecule has 2 aliphatic heterocycles. The average molecular weight is 795 g/mol. The van der Waals surface area contributed by atoms with Crippen LogP contribution in [0, 0.1) is 20.8 Å². The fourth-order valence-corrected chi connectivity index (χ4v) is 11.1. The zero-order valence-corrected chi connectivity index (χ0v) is 35.0. The predicted molar refractivity (Wildman–Crippen MR) is 259 cm³/mol. The van der Waals surface area contributed by atoms with Crippen molar-refractivity contribution in [3.05, 3.63) is 245 Å². The molecule has 0 bridgehead atoms. The van der Waals surface area contributed by atoms with Gasteiger partial charge in [0.05, 0.1) is 27.8 Å². The second kappa shape index (κ2) is 14.0. The third-order valence-corrected chi connectivity index (χ3v) is 13.5. The van der Waals surface area contributed by atoms with Gasteiger partial charge in [-0.3, -0.25) is 0 Å². The number of hydrogen-bond acceptors (Lipinski definition) is 2. The van der Waals surface area contributed by atoms with Crippen LogP contribution < -0.4 is 26.0 Å². The summed E-state index contributed by atoms with van der Waals surface area (Å²) in [6.45, 7) is 6.74. The van der Waals surface area contributed by atoms with Crippen LogP contribution in [0.15, 0.2) is 206 Å². The first-order chi connectivity index (χ1) is 30.5. The number of nitrogens with zero attached hydrogens (tertiary/aromatic N) is 2. The zero-order chi connectivity index (χ0) is 41.5. The van der Waals surface area contributed by atoms with Crippen LogP contribution in [-0.4, -0.2) is 11.3 Å². The molecule has 0 atom stereocenters. The standard InChI is InChI=1S/C58H43BN2O/c1-38-34-39(2)57(40(3)35-38)59-49-25-13-17-29-55(49)62-56-37-44(31-32-50(56)59)61-53-27-15-11-23-47(53)58(41-18-6-4-7-19-41,48-24-12-16-28-54(48)61)42-30-33-52-46(36-42)45-22-10-14-26-51(45)60(52)43-20-8-5-9-21-43/h4-37H,1-3H3. The van der Waals surface area contributed by atoms with E-state index in [9.17, 15) is 0 Å². The van der Waals surface area contributed by atoms with Crippen molar-refractivity contribution in [2.45, 2.75) is 26.2 Å². The molecule has 0 fully saturated rings. The fourth-order valence-electron chi connectivity index (χ4n) is 11.1. The molecule has 1 aromatic heterocycles. The van der Waals surface area contributed by atoms with Crippen molar-refractivity contribution in [2.75, 3.05) is 4.90 Å². The maximum Gasteiger partial charge on any atom is 0.251 e. The number of aryl methyl sites for hydroxylation is 3. The van der Waals surface area contributed by atoms with Crippen molar-refractivity contribution in [1.82, 2.24) is 4.57 Å². The molecule has 0 spiro atoms. The van der Waals surface area contributed by atoms with Gasteiger partial charge in [0.1, 0.15) is 11.5 Å². The summed E-state index contributed by atoms with van der Waals surface area (Å²) >= 11 is 0. The Bertz CT molecular complexity index is 3320. The molecule has 10 aromatic rings. The number of rotatable bonds is 5. The summed E-state index contributed by atoms with van der Waals surface area (Å²) in [6.07, 6.45) is 0. The molecule has 3 nitrogen and oxygen atoms in total. The SMILES string of the molecule is Cc1cc(C)c(B2c3ccccc3Oc3cc(N4c5ccccc5C(c5ccccc5)(c5ccc6c(c5)c5ccccc5n6-c5ccccc5)c5ccccc54)ccc32)c(C)c1. The highest BCUT2D eigenvalue weighted by molar-refractivity contribution is 6.97. The van der Waals surface area contributed by atoms with Gasteiger partial charge in [-0.1, -0.05) is 168 Å². The molecule has 0 N–H and O–H groups in total. The van der Waals surface area contributed by atoms with Gasteiger partial charge in [-0.05, 0) is 109 Å². The van der Waals surface area contributed by atoms with Crippen molar-refractivity contribution in [2.24, 2.45) is 0 Å². The first kappa shape index (κ1) is 36.3. The van der Waals surface area contributed by atoms with E-state index < -0.39 is 5.41 Å². The molecule has 3 heterocycles. The zero-order valence-electron chi connectivity index (χ0n) is 35.0. The van der Waals surface area contributed by atoms with Crippen molar-refractivity contribution >= 4 is 62.0 Å². The fraction of sp³-hybridized carbons (Fsp3) is 0.0690. The van der Waals surface area contributed by atoms with E-state index >= 15 is 0 Å². The van der Waals surface area contributed by atoms with Gasteiger partial charge in [0.25, 0.3) is 6.71 Å². The third-order valence-electron chi connectivity index (χ3n) is 13.5. The van der Waals surface area contributed by atoms with E-state index in [1.54, 1.807) is 0 Å². The molecule has 12 rings (SSSR count). The quantitative estimate of drug-likeness (QED) is 0.162. The molecule has 294 valence electrons. The second-order valence-corrected chi connectivity index (χ2v) is 17.0. The molecule has 0 saturated heterocycles. The normalized spacial score (nSPS) is 13.6. The highest BCUT2D eigenvalue weighted by Gasteiger charge is 2.47. The number of hydrogen-bond donors (Lipinski definition) is 0. The maximum absolute atomic E-state index is 6.90. The molecular formula is C58H43BN2O. The lowest BCUT2D eigenvalue weighted by Gasteiger charge is -2.46. The summed E-state index contributed by atoms with van der Waals surface area (Å²) in [7, 11) is 0. The number of fused-ring (bicyclic) bond motifs is 7. The predicted octanol–water partition coefficient (Wildman–Crippen LogP) is 12.5. The molecule has 62 heavy (non-hydrogen) atoms. The molecule has 0 saturated carbocycles. The number of anilines is 3.